The second kappa shape index (κ2) is 6.49. The summed E-state index contributed by atoms with van der Waals surface area (Å²) in [5.41, 5.74) is 10.5. The van der Waals surface area contributed by atoms with E-state index in [0.717, 1.165) is 22.3 Å². The van der Waals surface area contributed by atoms with Crippen molar-refractivity contribution in [3.05, 3.63) is 77.9 Å². The average Bonchev–Trinajstić information content (AvgIpc) is 2.62. The molecule has 0 aliphatic carbocycles. The molecule has 4 N–H and O–H groups in total. The van der Waals surface area contributed by atoms with Gasteiger partial charge in [0.25, 0.3) is 0 Å². The highest BCUT2D eigenvalue weighted by atomic mass is 16.4. The number of para-hydroxylation sites is 1. The average molecular weight is 333 g/mol. The van der Waals surface area contributed by atoms with E-state index in [1.807, 2.05) is 18.2 Å². The number of hydrogen-bond donors (Lipinski definition) is 3. The molecule has 3 rings (SSSR count). The summed E-state index contributed by atoms with van der Waals surface area (Å²) in [5.74, 6) is -1.96. The van der Waals surface area contributed by atoms with E-state index in [2.05, 4.69) is 0 Å². The number of rotatable bonds is 4. The number of nitrogen functional groups attached to an aromatic ring is 1. The summed E-state index contributed by atoms with van der Waals surface area (Å²) in [4.78, 5) is 21.9. The van der Waals surface area contributed by atoms with Gasteiger partial charge in [-0.2, -0.15) is 0 Å². The van der Waals surface area contributed by atoms with Gasteiger partial charge in [0.2, 0.25) is 0 Å². The first-order chi connectivity index (χ1) is 12.0. The number of carboxylic acid groups (broad SMARTS) is 2. The lowest BCUT2D eigenvalue weighted by Crippen LogP contribution is -1.98. The fourth-order valence-electron chi connectivity index (χ4n) is 2.65. The highest BCUT2D eigenvalue weighted by Crippen LogP contribution is 2.34. The third-order valence-corrected chi connectivity index (χ3v) is 3.99. The van der Waals surface area contributed by atoms with Gasteiger partial charge >= 0.3 is 11.9 Å². The first-order valence-corrected chi connectivity index (χ1v) is 7.53. The molecule has 0 unspecified atom stereocenters. The Kier molecular flexibility index (Phi) is 4.22. The molecule has 0 aliphatic rings. The highest BCUT2D eigenvalue weighted by Gasteiger charge is 2.11. The van der Waals surface area contributed by atoms with E-state index in [4.69, 9.17) is 15.9 Å². The Hall–Kier alpha value is -3.60. The van der Waals surface area contributed by atoms with Crippen molar-refractivity contribution in [2.45, 2.75) is 0 Å². The van der Waals surface area contributed by atoms with E-state index >= 15 is 0 Å². The summed E-state index contributed by atoms with van der Waals surface area (Å²) in [6.07, 6.45) is 0. The molecule has 0 amide bonds. The van der Waals surface area contributed by atoms with Crippen molar-refractivity contribution < 1.29 is 19.8 Å². The molecule has 0 bridgehead atoms. The summed E-state index contributed by atoms with van der Waals surface area (Å²) in [6, 6.07) is 18.6. The molecule has 0 saturated carbocycles. The first-order valence-electron chi connectivity index (χ1n) is 7.53. The van der Waals surface area contributed by atoms with Gasteiger partial charge in [0.1, 0.15) is 0 Å². The summed E-state index contributed by atoms with van der Waals surface area (Å²) >= 11 is 0. The predicted octanol–water partition coefficient (Wildman–Crippen LogP) is 4.00. The summed E-state index contributed by atoms with van der Waals surface area (Å²) in [5, 5.41) is 18.0. The van der Waals surface area contributed by atoms with Crippen LogP contribution in [0.3, 0.4) is 0 Å². The van der Waals surface area contributed by atoms with Crippen LogP contribution in [-0.4, -0.2) is 22.2 Å². The van der Waals surface area contributed by atoms with Crippen molar-refractivity contribution in [1.82, 2.24) is 0 Å². The molecule has 0 atom stereocenters. The van der Waals surface area contributed by atoms with Crippen molar-refractivity contribution in [2.75, 3.05) is 5.73 Å². The van der Waals surface area contributed by atoms with E-state index in [-0.39, 0.29) is 11.1 Å². The van der Waals surface area contributed by atoms with E-state index < -0.39 is 11.9 Å². The zero-order valence-corrected chi connectivity index (χ0v) is 13.1. The van der Waals surface area contributed by atoms with Crippen LogP contribution in [0.15, 0.2) is 66.7 Å². The molecule has 0 aromatic heterocycles. The predicted molar refractivity (Wildman–Crippen MR) is 95.6 cm³/mol. The van der Waals surface area contributed by atoms with E-state index in [0.29, 0.717) is 5.69 Å². The number of nitrogens with two attached hydrogens (primary N) is 1. The molecule has 0 heterocycles. The molecule has 25 heavy (non-hydrogen) atoms. The molecule has 124 valence electrons. The van der Waals surface area contributed by atoms with Crippen LogP contribution >= 0.6 is 0 Å². The second-order valence-electron chi connectivity index (χ2n) is 5.53. The Labute approximate surface area is 144 Å². The van der Waals surface area contributed by atoms with Crippen molar-refractivity contribution in [2.24, 2.45) is 0 Å². The van der Waals surface area contributed by atoms with Crippen molar-refractivity contribution in [3.8, 4) is 22.3 Å². The summed E-state index contributed by atoms with van der Waals surface area (Å²) in [6.45, 7) is 0. The van der Waals surface area contributed by atoms with Crippen molar-refractivity contribution in [1.29, 1.82) is 0 Å². The van der Waals surface area contributed by atoms with Gasteiger partial charge in [0, 0.05) is 16.8 Å². The summed E-state index contributed by atoms with van der Waals surface area (Å²) < 4.78 is 0. The number of hydrogen-bond acceptors (Lipinski definition) is 3. The molecule has 0 radical (unpaired) electrons. The van der Waals surface area contributed by atoms with Gasteiger partial charge in [-0.25, -0.2) is 9.59 Å². The molecule has 5 heteroatoms. The van der Waals surface area contributed by atoms with Crippen molar-refractivity contribution >= 4 is 17.6 Å². The lowest BCUT2D eigenvalue weighted by atomic mass is 9.95. The molecule has 0 aliphatic heterocycles. The van der Waals surface area contributed by atoms with Crippen LogP contribution in [0.2, 0.25) is 0 Å². The lowest BCUT2D eigenvalue weighted by Gasteiger charge is -2.12. The standard InChI is InChI=1S/C20H15NO4/c21-18-16(12-4-8-14(9-5-12)19(22)23)2-1-3-17(18)13-6-10-15(11-7-13)20(24)25/h1-11H,21H2,(H,22,23)(H,24,25). The number of aromatic carboxylic acids is 2. The smallest absolute Gasteiger partial charge is 0.335 e. The van der Waals surface area contributed by atoms with Gasteiger partial charge in [-0.3, -0.25) is 0 Å². The minimum atomic E-state index is -0.980. The molecule has 5 nitrogen and oxygen atoms in total. The van der Waals surface area contributed by atoms with Crippen molar-refractivity contribution in [3.63, 3.8) is 0 Å². The third-order valence-electron chi connectivity index (χ3n) is 3.99. The fourth-order valence-corrected chi connectivity index (χ4v) is 2.65. The Morgan fingerprint density at radius 2 is 1.00 bits per heavy atom. The molecule has 0 fully saturated rings. The SMILES string of the molecule is Nc1c(-c2ccc(C(=O)O)cc2)cccc1-c1ccc(C(=O)O)cc1. The van der Waals surface area contributed by atoms with Crippen LogP contribution in [0.5, 0.6) is 0 Å². The minimum Gasteiger partial charge on any atom is -0.478 e. The normalized spacial score (nSPS) is 10.4. The molecule has 3 aromatic rings. The summed E-state index contributed by atoms with van der Waals surface area (Å²) in [7, 11) is 0. The third kappa shape index (κ3) is 3.21. The van der Waals surface area contributed by atoms with Crippen LogP contribution in [0.1, 0.15) is 20.7 Å². The Morgan fingerprint density at radius 1 is 0.640 bits per heavy atom. The van der Waals surface area contributed by atoms with Gasteiger partial charge in [-0.15, -0.1) is 0 Å². The highest BCUT2D eigenvalue weighted by molar-refractivity contribution is 5.92. The second-order valence-corrected chi connectivity index (χ2v) is 5.53. The van der Waals surface area contributed by atoms with Crippen LogP contribution in [-0.2, 0) is 0 Å². The number of carboxylic acids is 2. The molecular formula is C20H15NO4. The van der Waals surface area contributed by atoms with E-state index in [1.165, 1.54) is 24.3 Å². The first kappa shape index (κ1) is 16.3. The molecular weight excluding hydrogens is 318 g/mol. The molecule has 0 spiro atoms. The fraction of sp³-hybridized carbons (Fsp3) is 0. The number of carbonyl (C=O) groups is 2. The number of anilines is 1. The van der Waals surface area contributed by atoms with Gasteiger partial charge in [0.15, 0.2) is 0 Å². The maximum absolute atomic E-state index is 11.0. The lowest BCUT2D eigenvalue weighted by molar-refractivity contribution is 0.0686. The minimum absolute atomic E-state index is 0.211. The maximum atomic E-state index is 11.0. The van der Waals surface area contributed by atoms with Gasteiger partial charge < -0.3 is 15.9 Å². The van der Waals surface area contributed by atoms with Crippen LogP contribution in [0.25, 0.3) is 22.3 Å². The zero-order chi connectivity index (χ0) is 18.0. The molecule has 0 saturated heterocycles. The van der Waals surface area contributed by atoms with Crippen LogP contribution in [0, 0.1) is 0 Å². The van der Waals surface area contributed by atoms with E-state index in [9.17, 15) is 9.59 Å². The van der Waals surface area contributed by atoms with Crippen LogP contribution in [0.4, 0.5) is 5.69 Å². The number of benzene rings is 3. The van der Waals surface area contributed by atoms with Gasteiger partial charge in [-0.1, -0.05) is 42.5 Å². The Bertz CT molecular complexity index is 869. The topological polar surface area (TPSA) is 101 Å². The van der Waals surface area contributed by atoms with E-state index in [1.54, 1.807) is 24.3 Å². The van der Waals surface area contributed by atoms with Gasteiger partial charge in [-0.05, 0) is 35.4 Å². The van der Waals surface area contributed by atoms with Gasteiger partial charge in [0.05, 0.1) is 11.1 Å². The largest absolute Gasteiger partial charge is 0.478 e. The maximum Gasteiger partial charge on any atom is 0.335 e. The monoisotopic (exact) mass is 333 g/mol. The van der Waals surface area contributed by atoms with Crippen LogP contribution < -0.4 is 5.73 Å². The quantitative estimate of drug-likeness (QED) is 0.627. The Morgan fingerprint density at radius 3 is 1.32 bits per heavy atom. The Balaban J connectivity index is 2.02. The molecule has 3 aromatic carbocycles. The zero-order valence-electron chi connectivity index (χ0n) is 13.1.